The summed E-state index contributed by atoms with van der Waals surface area (Å²) in [6, 6.07) is 9.11. The highest BCUT2D eigenvalue weighted by Gasteiger charge is 2.26. The zero-order valence-electron chi connectivity index (χ0n) is 11.6. The molecule has 0 radical (unpaired) electrons. The van der Waals surface area contributed by atoms with Gasteiger partial charge < -0.3 is 10.1 Å². The van der Waals surface area contributed by atoms with Gasteiger partial charge in [0.2, 0.25) is 0 Å². The second kappa shape index (κ2) is 6.79. The van der Waals surface area contributed by atoms with Gasteiger partial charge in [-0.1, -0.05) is 44.4 Å². The highest BCUT2D eigenvalue weighted by Crippen LogP contribution is 2.36. The Bertz CT molecular complexity index is 364. The van der Waals surface area contributed by atoms with Gasteiger partial charge in [-0.3, -0.25) is 0 Å². The first-order chi connectivity index (χ1) is 8.86. The van der Waals surface area contributed by atoms with Gasteiger partial charge in [-0.05, 0) is 31.0 Å². The summed E-state index contributed by atoms with van der Waals surface area (Å²) in [5, 5.41) is 3.67. The predicted octanol–water partition coefficient (Wildman–Crippen LogP) is 3.72. The van der Waals surface area contributed by atoms with Gasteiger partial charge in [0.1, 0.15) is 5.75 Å². The van der Waals surface area contributed by atoms with E-state index >= 15 is 0 Å². The maximum absolute atomic E-state index is 5.54. The minimum atomic E-state index is 0.601. The fourth-order valence-corrected chi connectivity index (χ4v) is 3.16. The van der Waals surface area contributed by atoms with Crippen molar-refractivity contribution in [3.05, 3.63) is 29.8 Å². The third-order valence-corrected chi connectivity index (χ3v) is 4.02. The molecule has 2 heteroatoms. The third-order valence-electron chi connectivity index (χ3n) is 4.02. The van der Waals surface area contributed by atoms with Crippen molar-refractivity contribution in [3.63, 3.8) is 0 Å². The van der Waals surface area contributed by atoms with Gasteiger partial charge >= 0.3 is 0 Å². The largest absolute Gasteiger partial charge is 0.496 e. The topological polar surface area (TPSA) is 21.3 Å². The average molecular weight is 247 g/mol. The van der Waals surface area contributed by atoms with Gasteiger partial charge in [-0.25, -0.2) is 0 Å². The van der Waals surface area contributed by atoms with Crippen molar-refractivity contribution in [2.75, 3.05) is 13.7 Å². The van der Waals surface area contributed by atoms with Crippen molar-refractivity contribution in [2.45, 2.75) is 51.0 Å². The molecule has 1 N–H and O–H groups in total. The van der Waals surface area contributed by atoms with Crippen LogP contribution >= 0.6 is 0 Å². The number of hydrogen-bond donors (Lipinski definition) is 1. The number of likely N-dealkylation sites (N-methyl/N-ethyl adjacent to an activating group) is 1. The van der Waals surface area contributed by atoms with Crippen LogP contribution in [-0.2, 0) is 0 Å². The summed E-state index contributed by atoms with van der Waals surface area (Å²) in [4.78, 5) is 0. The summed E-state index contributed by atoms with van der Waals surface area (Å²) in [7, 11) is 1.78. The molecule has 0 aromatic heterocycles. The maximum Gasteiger partial charge on any atom is 0.122 e. The zero-order chi connectivity index (χ0) is 12.8. The van der Waals surface area contributed by atoms with Crippen LogP contribution in [0.2, 0.25) is 0 Å². The molecular weight excluding hydrogens is 222 g/mol. The Hall–Kier alpha value is -1.02. The molecule has 100 valence electrons. The highest BCUT2D eigenvalue weighted by molar-refractivity contribution is 5.37. The molecule has 1 aliphatic carbocycles. The monoisotopic (exact) mass is 247 g/mol. The first-order valence-corrected chi connectivity index (χ1v) is 7.23. The summed E-state index contributed by atoms with van der Waals surface area (Å²) in [6.45, 7) is 3.25. The Morgan fingerprint density at radius 2 is 1.94 bits per heavy atom. The molecule has 2 rings (SSSR count). The lowest BCUT2D eigenvalue weighted by molar-refractivity contribution is 0.379. The Labute approximate surface area is 111 Å². The molecule has 0 heterocycles. The molecule has 0 spiro atoms. The van der Waals surface area contributed by atoms with Gasteiger partial charge in [0.15, 0.2) is 0 Å². The van der Waals surface area contributed by atoms with Gasteiger partial charge in [-0.2, -0.15) is 0 Å². The van der Waals surface area contributed by atoms with Gasteiger partial charge in [0, 0.05) is 12.0 Å². The van der Waals surface area contributed by atoms with E-state index < -0.39 is 0 Å². The molecule has 0 amide bonds. The molecule has 0 saturated heterocycles. The van der Waals surface area contributed by atoms with Crippen LogP contribution in [0.3, 0.4) is 0 Å². The van der Waals surface area contributed by atoms with E-state index in [2.05, 4.69) is 36.5 Å². The van der Waals surface area contributed by atoms with E-state index in [9.17, 15) is 0 Å². The van der Waals surface area contributed by atoms with Crippen molar-refractivity contribution < 1.29 is 4.74 Å². The quantitative estimate of drug-likeness (QED) is 0.819. The van der Waals surface area contributed by atoms with Crippen LogP contribution in [0.25, 0.3) is 0 Å². The second-order valence-electron chi connectivity index (χ2n) is 5.15. The Kier molecular flexibility index (Phi) is 5.06. The van der Waals surface area contributed by atoms with Crippen molar-refractivity contribution in [2.24, 2.45) is 0 Å². The molecule has 0 bridgehead atoms. The SMILES string of the molecule is CCNC1CCCCCC1c1ccccc1OC. The smallest absolute Gasteiger partial charge is 0.122 e. The fraction of sp³-hybridized carbons (Fsp3) is 0.625. The Balaban J connectivity index is 2.25. The summed E-state index contributed by atoms with van der Waals surface area (Å²) in [5.41, 5.74) is 1.38. The van der Waals surface area contributed by atoms with Gasteiger partial charge in [-0.15, -0.1) is 0 Å². The number of hydrogen-bond acceptors (Lipinski definition) is 2. The summed E-state index contributed by atoms with van der Waals surface area (Å²) in [5.74, 6) is 1.65. The number of para-hydroxylation sites is 1. The molecule has 2 unspecified atom stereocenters. The molecular formula is C16H25NO. The van der Waals surface area contributed by atoms with Crippen LogP contribution in [0.5, 0.6) is 5.75 Å². The minimum absolute atomic E-state index is 0.601. The number of methoxy groups -OCH3 is 1. The first-order valence-electron chi connectivity index (χ1n) is 7.23. The Morgan fingerprint density at radius 1 is 1.17 bits per heavy atom. The maximum atomic E-state index is 5.54. The van der Waals surface area contributed by atoms with E-state index in [1.165, 1.54) is 37.7 Å². The van der Waals surface area contributed by atoms with E-state index in [1.54, 1.807) is 7.11 Å². The van der Waals surface area contributed by atoms with Crippen LogP contribution in [0.15, 0.2) is 24.3 Å². The first kappa shape index (κ1) is 13.4. The zero-order valence-corrected chi connectivity index (χ0v) is 11.6. The lowest BCUT2D eigenvalue weighted by atomic mass is 9.87. The lowest BCUT2D eigenvalue weighted by Gasteiger charge is -2.27. The summed E-state index contributed by atoms with van der Waals surface area (Å²) < 4.78 is 5.54. The molecule has 2 atom stereocenters. The molecule has 1 aromatic rings. The summed E-state index contributed by atoms with van der Waals surface area (Å²) >= 11 is 0. The molecule has 0 aliphatic heterocycles. The van der Waals surface area contributed by atoms with E-state index in [0.29, 0.717) is 12.0 Å². The normalized spacial score (nSPS) is 24.6. The Morgan fingerprint density at radius 3 is 2.72 bits per heavy atom. The lowest BCUT2D eigenvalue weighted by Crippen LogP contribution is -2.34. The van der Waals surface area contributed by atoms with E-state index in [1.807, 2.05) is 0 Å². The predicted molar refractivity (Wildman–Crippen MR) is 76.3 cm³/mol. The molecule has 2 nitrogen and oxygen atoms in total. The molecule has 1 saturated carbocycles. The van der Waals surface area contributed by atoms with Gasteiger partial charge in [0.05, 0.1) is 7.11 Å². The second-order valence-corrected chi connectivity index (χ2v) is 5.15. The van der Waals surface area contributed by atoms with E-state index in [-0.39, 0.29) is 0 Å². The molecule has 1 fully saturated rings. The van der Waals surface area contributed by atoms with Crippen molar-refractivity contribution in [1.82, 2.24) is 5.32 Å². The summed E-state index contributed by atoms with van der Waals surface area (Å²) in [6.07, 6.45) is 6.62. The average Bonchev–Trinajstić information content (AvgIpc) is 2.65. The number of nitrogens with one attached hydrogen (secondary N) is 1. The number of ether oxygens (including phenoxy) is 1. The number of benzene rings is 1. The van der Waals surface area contributed by atoms with Crippen molar-refractivity contribution in [3.8, 4) is 5.75 Å². The van der Waals surface area contributed by atoms with Crippen LogP contribution in [0.4, 0.5) is 0 Å². The highest BCUT2D eigenvalue weighted by atomic mass is 16.5. The van der Waals surface area contributed by atoms with E-state index in [0.717, 1.165) is 12.3 Å². The minimum Gasteiger partial charge on any atom is -0.496 e. The van der Waals surface area contributed by atoms with Gasteiger partial charge in [0.25, 0.3) is 0 Å². The van der Waals surface area contributed by atoms with Crippen LogP contribution < -0.4 is 10.1 Å². The molecule has 1 aliphatic rings. The molecule has 18 heavy (non-hydrogen) atoms. The van der Waals surface area contributed by atoms with Crippen LogP contribution in [0, 0.1) is 0 Å². The van der Waals surface area contributed by atoms with Crippen molar-refractivity contribution in [1.29, 1.82) is 0 Å². The molecule has 1 aromatic carbocycles. The third kappa shape index (κ3) is 3.05. The van der Waals surface area contributed by atoms with Crippen LogP contribution in [-0.4, -0.2) is 19.7 Å². The standard InChI is InChI=1S/C16H25NO/c1-3-17-15-11-6-4-5-9-13(15)14-10-7-8-12-16(14)18-2/h7-8,10,12-13,15,17H,3-6,9,11H2,1-2H3. The number of rotatable bonds is 4. The fourth-order valence-electron chi connectivity index (χ4n) is 3.16. The van der Waals surface area contributed by atoms with E-state index in [4.69, 9.17) is 4.74 Å². The van der Waals surface area contributed by atoms with Crippen LogP contribution in [0.1, 0.15) is 50.5 Å². The van der Waals surface area contributed by atoms with Crippen molar-refractivity contribution >= 4 is 0 Å².